The lowest BCUT2D eigenvalue weighted by molar-refractivity contribution is -0.119. The smallest absolute Gasteiger partial charge is 0.251 e. The fourth-order valence-electron chi connectivity index (χ4n) is 5.41. The third-order valence-electron chi connectivity index (χ3n) is 8.07. The number of carbonyl (C=O) groups excluding carboxylic acids is 2. The zero-order chi connectivity index (χ0) is 32.6. The van der Waals surface area contributed by atoms with Gasteiger partial charge < -0.3 is 21.1 Å². The van der Waals surface area contributed by atoms with Crippen molar-refractivity contribution in [2.24, 2.45) is 11.7 Å². The van der Waals surface area contributed by atoms with E-state index in [0.29, 0.717) is 36.5 Å². The number of nitrogens with one attached hydrogen (secondary N) is 2. The average molecular weight is 639 g/mol. The Morgan fingerprint density at radius 3 is 2.33 bits per heavy atom. The predicted octanol–water partition coefficient (Wildman–Crippen LogP) is 5.27. The lowest BCUT2D eigenvalue weighted by Gasteiger charge is -2.28. The van der Waals surface area contributed by atoms with Crippen LogP contribution in [0.2, 0.25) is 0 Å². The minimum atomic E-state index is -3.49. The molecule has 1 aliphatic rings. The van der Waals surface area contributed by atoms with E-state index in [0.717, 1.165) is 18.4 Å². The van der Waals surface area contributed by atoms with Crippen molar-refractivity contribution >= 4 is 33.2 Å². The highest BCUT2D eigenvalue weighted by atomic mass is 32.2. The quantitative estimate of drug-likeness (QED) is 0.221. The van der Waals surface area contributed by atoms with Crippen molar-refractivity contribution in [3.8, 4) is 5.75 Å². The molecule has 2 amide bonds. The maximum absolute atomic E-state index is 13.8. The van der Waals surface area contributed by atoms with E-state index in [-0.39, 0.29) is 29.7 Å². The molecule has 0 spiro atoms. The first-order chi connectivity index (χ1) is 21.5. The molecule has 1 aliphatic heterocycles. The first-order valence-electron chi connectivity index (χ1n) is 15.5. The van der Waals surface area contributed by atoms with E-state index in [4.69, 9.17) is 10.5 Å². The third kappa shape index (κ3) is 9.27. The molecule has 0 saturated carbocycles. The monoisotopic (exact) mass is 638 g/mol. The summed E-state index contributed by atoms with van der Waals surface area (Å²) in [5.41, 5.74) is 8.75. The number of halogens is 1. The van der Waals surface area contributed by atoms with Gasteiger partial charge >= 0.3 is 0 Å². The molecule has 1 saturated heterocycles. The van der Waals surface area contributed by atoms with Gasteiger partial charge in [-0.25, -0.2) is 12.8 Å². The Labute approximate surface area is 265 Å². The Morgan fingerprint density at radius 1 is 1.02 bits per heavy atom. The molecule has 3 atom stereocenters. The van der Waals surface area contributed by atoms with Gasteiger partial charge in [-0.1, -0.05) is 51.1 Å². The van der Waals surface area contributed by atoms with Crippen molar-refractivity contribution in [1.29, 1.82) is 0 Å². The standard InChI is InChI=1S/C34H43FN4O5S/c1-4-29(5-2)44-30-21-25(20-28(22-30)39-16-9-17-45(39,42)43)34(41)38-32(19-24-10-7-6-8-11-24)31(36)18-23(3)33(40)37-27-14-12-26(35)13-15-27/h6-8,10-15,20-23,29,31-32H,4-5,9,16-19,36H2,1-3H3,(H,37,40)(H,38,41)/t23-,31+,32+/m1/s1. The highest BCUT2D eigenvalue weighted by molar-refractivity contribution is 7.93. The molecular weight excluding hydrogens is 595 g/mol. The summed E-state index contributed by atoms with van der Waals surface area (Å²) in [6, 6.07) is 18.8. The summed E-state index contributed by atoms with van der Waals surface area (Å²) in [5, 5.41) is 5.85. The number of ether oxygens (including phenoxy) is 1. The second-order valence-corrected chi connectivity index (χ2v) is 13.6. The van der Waals surface area contributed by atoms with Crippen LogP contribution in [-0.2, 0) is 21.2 Å². The van der Waals surface area contributed by atoms with E-state index in [1.807, 2.05) is 44.2 Å². The van der Waals surface area contributed by atoms with Crippen LogP contribution in [0.3, 0.4) is 0 Å². The van der Waals surface area contributed by atoms with Crippen LogP contribution in [-0.4, -0.2) is 50.7 Å². The Kier molecular flexibility index (Phi) is 11.6. The molecule has 4 N–H and O–H groups in total. The molecule has 1 heterocycles. The minimum absolute atomic E-state index is 0.0487. The molecular formula is C34H43FN4O5S. The van der Waals surface area contributed by atoms with Gasteiger partial charge in [-0.2, -0.15) is 0 Å². The number of amides is 2. The Balaban J connectivity index is 1.57. The van der Waals surface area contributed by atoms with E-state index < -0.39 is 39.7 Å². The molecule has 0 aromatic heterocycles. The molecule has 1 fully saturated rings. The zero-order valence-electron chi connectivity index (χ0n) is 26.0. The summed E-state index contributed by atoms with van der Waals surface area (Å²) in [7, 11) is -3.49. The van der Waals surface area contributed by atoms with Crippen molar-refractivity contribution in [3.05, 3.63) is 89.7 Å². The van der Waals surface area contributed by atoms with Gasteiger partial charge in [0, 0.05) is 41.9 Å². The lowest BCUT2D eigenvalue weighted by Crippen LogP contribution is -2.50. The molecule has 9 nitrogen and oxygen atoms in total. The van der Waals surface area contributed by atoms with Crippen LogP contribution in [0.4, 0.5) is 15.8 Å². The summed E-state index contributed by atoms with van der Waals surface area (Å²) in [6.07, 6.45) is 2.60. The number of hydrogen-bond acceptors (Lipinski definition) is 6. The molecule has 3 aromatic carbocycles. The number of nitrogens with zero attached hydrogens (tertiary/aromatic N) is 1. The van der Waals surface area contributed by atoms with Gasteiger partial charge in [0.1, 0.15) is 11.6 Å². The van der Waals surface area contributed by atoms with Crippen molar-refractivity contribution in [2.75, 3.05) is 21.9 Å². The van der Waals surface area contributed by atoms with Gasteiger partial charge in [-0.3, -0.25) is 13.9 Å². The van der Waals surface area contributed by atoms with E-state index in [1.54, 1.807) is 25.1 Å². The van der Waals surface area contributed by atoms with E-state index >= 15 is 0 Å². The van der Waals surface area contributed by atoms with E-state index in [9.17, 15) is 22.4 Å². The number of carbonyl (C=O) groups is 2. The van der Waals surface area contributed by atoms with E-state index in [1.165, 1.54) is 28.6 Å². The number of nitrogens with two attached hydrogens (primary N) is 1. The van der Waals surface area contributed by atoms with Gasteiger partial charge in [0.15, 0.2) is 0 Å². The van der Waals surface area contributed by atoms with Crippen LogP contribution >= 0.6 is 0 Å². The summed E-state index contributed by atoms with van der Waals surface area (Å²) in [4.78, 5) is 26.8. The fraction of sp³-hybridized carbons (Fsp3) is 0.412. The van der Waals surface area contributed by atoms with Crippen molar-refractivity contribution in [2.45, 2.75) is 71.1 Å². The molecule has 0 bridgehead atoms. The zero-order valence-corrected chi connectivity index (χ0v) is 26.9. The average Bonchev–Trinajstić information content (AvgIpc) is 3.39. The van der Waals surface area contributed by atoms with Crippen molar-refractivity contribution in [1.82, 2.24) is 5.32 Å². The Morgan fingerprint density at radius 2 is 1.71 bits per heavy atom. The summed E-state index contributed by atoms with van der Waals surface area (Å²) in [5.74, 6) is -1.14. The number of rotatable bonds is 14. The van der Waals surface area contributed by atoms with E-state index in [2.05, 4.69) is 10.6 Å². The minimum Gasteiger partial charge on any atom is -0.490 e. The SMILES string of the molecule is CCC(CC)Oc1cc(C(=O)N[C@@H](Cc2ccccc2)[C@@H](N)C[C@@H](C)C(=O)Nc2ccc(F)cc2)cc(N2CCCS2(=O)=O)c1. The van der Waals surface area contributed by atoms with Crippen LogP contribution < -0.4 is 25.4 Å². The Hall–Kier alpha value is -3.96. The molecule has 3 aromatic rings. The number of hydrogen-bond donors (Lipinski definition) is 3. The predicted molar refractivity (Wildman–Crippen MR) is 175 cm³/mol. The van der Waals surface area contributed by atoms with Gasteiger partial charge in [0.2, 0.25) is 15.9 Å². The second kappa shape index (κ2) is 15.4. The Bertz CT molecular complexity index is 1550. The lowest BCUT2D eigenvalue weighted by atomic mass is 9.92. The fourth-order valence-corrected chi connectivity index (χ4v) is 6.96. The molecule has 11 heteroatoms. The first-order valence-corrected chi connectivity index (χ1v) is 17.1. The second-order valence-electron chi connectivity index (χ2n) is 11.6. The van der Waals surface area contributed by atoms with Crippen LogP contribution in [0.5, 0.6) is 5.75 Å². The maximum Gasteiger partial charge on any atom is 0.251 e. The number of benzene rings is 3. The third-order valence-corrected chi connectivity index (χ3v) is 9.94. The van der Waals surface area contributed by atoms with Crippen LogP contribution in [0, 0.1) is 11.7 Å². The topological polar surface area (TPSA) is 131 Å². The molecule has 45 heavy (non-hydrogen) atoms. The highest BCUT2D eigenvalue weighted by Gasteiger charge is 2.31. The normalized spacial score (nSPS) is 16.2. The molecule has 242 valence electrons. The largest absolute Gasteiger partial charge is 0.490 e. The molecule has 0 unspecified atom stereocenters. The molecule has 0 aliphatic carbocycles. The maximum atomic E-state index is 13.8. The highest BCUT2D eigenvalue weighted by Crippen LogP contribution is 2.30. The summed E-state index contributed by atoms with van der Waals surface area (Å²) < 4.78 is 46.3. The van der Waals surface area contributed by atoms with Gasteiger partial charge in [-0.05, 0) is 74.1 Å². The summed E-state index contributed by atoms with van der Waals surface area (Å²) in [6.45, 7) is 6.10. The first kappa shape index (κ1) is 33.9. The van der Waals surface area contributed by atoms with Gasteiger partial charge in [0.25, 0.3) is 5.91 Å². The molecule has 0 radical (unpaired) electrons. The van der Waals surface area contributed by atoms with Gasteiger partial charge in [-0.15, -0.1) is 0 Å². The number of sulfonamides is 1. The molecule has 4 rings (SSSR count). The van der Waals surface area contributed by atoms with Crippen LogP contribution in [0.1, 0.15) is 62.4 Å². The van der Waals surface area contributed by atoms with Crippen LogP contribution in [0.15, 0.2) is 72.8 Å². The van der Waals surface area contributed by atoms with Crippen molar-refractivity contribution in [3.63, 3.8) is 0 Å². The van der Waals surface area contributed by atoms with Crippen LogP contribution in [0.25, 0.3) is 0 Å². The van der Waals surface area contributed by atoms with Crippen molar-refractivity contribution < 1.29 is 27.1 Å². The number of anilines is 2. The van der Waals surface area contributed by atoms with Gasteiger partial charge in [0.05, 0.1) is 17.5 Å². The summed E-state index contributed by atoms with van der Waals surface area (Å²) >= 11 is 0.